The minimum atomic E-state index is -0.708. The first kappa shape index (κ1) is 23.0. The third-order valence-electron chi connectivity index (χ3n) is 4.60. The molecule has 27 heavy (non-hydrogen) atoms. The van der Waals surface area contributed by atoms with E-state index in [0.717, 1.165) is 19.3 Å². The minimum Gasteiger partial charge on any atom is -0.466 e. The van der Waals surface area contributed by atoms with Crippen LogP contribution in [0.2, 0.25) is 0 Å². The van der Waals surface area contributed by atoms with Crippen molar-refractivity contribution in [1.82, 2.24) is 0 Å². The molecule has 0 aromatic rings. The van der Waals surface area contributed by atoms with E-state index in [2.05, 4.69) is 6.92 Å². The number of esters is 1. The summed E-state index contributed by atoms with van der Waals surface area (Å²) in [7, 11) is 0. The average Bonchev–Trinajstić information content (AvgIpc) is 2.89. The number of ketones is 2. The molecule has 0 aromatic carbocycles. The second kappa shape index (κ2) is 13.2. The van der Waals surface area contributed by atoms with Gasteiger partial charge in [-0.1, -0.05) is 50.1 Å². The third-order valence-corrected chi connectivity index (χ3v) is 4.60. The van der Waals surface area contributed by atoms with Crippen molar-refractivity contribution in [2.75, 3.05) is 6.61 Å². The van der Waals surface area contributed by atoms with Gasteiger partial charge in [-0.05, 0) is 19.8 Å². The van der Waals surface area contributed by atoms with Crippen molar-refractivity contribution < 1.29 is 24.2 Å². The monoisotopic (exact) mass is 376 g/mol. The van der Waals surface area contributed by atoms with Crippen LogP contribution in [-0.2, 0) is 19.1 Å². The molecular formula is C22H32O5. The lowest BCUT2D eigenvalue weighted by Gasteiger charge is -2.14. The number of unbranched alkanes of at least 4 members (excludes halogenated alkanes) is 2. The van der Waals surface area contributed by atoms with Crippen molar-refractivity contribution in [2.45, 2.75) is 71.3 Å². The van der Waals surface area contributed by atoms with Gasteiger partial charge in [0, 0.05) is 30.8 Å². The standard InChI is InChI=1S/C22H32O5/c1-3-5-8-11-17(23)14-15-19-18(20(24)16-21(19)25)12-9-6-7-10-13-22(26)27-4-2/h6-7,9-10,12,19,21,25H,3-5,8,11,13-16H2,1-2H3/t19-,21-/m1/s1. The third kappa shape index (κ3) is 8.96. The van der Waals surface area contributed by atoms with Crippen LogP contribution in [-0.4, -0.2) is 35.4 Å². The molecule has 0 aromatic heterocycles. The van der Waals surface area contributed by atoms with Crippen molar-refractivity contribution in [1.29, 1.82) is 0 Å². The van der Waals surface area contributed by atoms with Gasteiger partial charge >= 0.3 is 5.97 Å². The van der Waals surface area contributed by atoms with Crippen LogP contribution >= 0.6 is 0 Å². The van der Waals surface area contributed by atoms with E-state index in [9.17, 15) is 19.5 Å². The lowest BCUT2D eigenvalue weighted by Crippen LogP contribution is -2.16. The van der Waals surface area contributed by atoms with E-state index in [4.69, 9.17) is 4.74 Å². The minimum absolute atomic E-state index is 0.0638. The zero-order chi connectivity index (χ0) is 20.1. The Bertz CT molecular complexity index is 586. The molecule has 0 aliphatic heterocycles. The van der Waals surface area contributed by atoms with Gasteiger partial charge < -0.3 is 9.84 Å². The molecule has 5 nitrogen and oxygen atoms in total. The van der Waals surface area contributed by atoms with Gasteiger partial charge in [-0.25, -0.2) is 0 Å². The van der Waals surface area contributed by atoms with Gasteiger partial charge in [0.15, 0.2) is 5.78 Å². The van der Waals surface area contributed by atoms with Gasteiger partial charge in [-0.3, -0.25) is 14.4 Å². The number of hydrogen-bond acceptors (Lipinski definition) is 5. The molecule has 0 amide bonds. The first-order valence-electron chi connectivity index (χ1n) is 9.91. The molecule has 1 aliphatic carbocycles. The molecular weight excluding hydrogens is 344 g/mol. The van der Waals surface area contributed by atoms with Gasteiger partial charge in [0.1, 0.15) is 5.78 Å². The molecule has 1 rings (SSSR count). The van der Waals surface area contributed by atoms with E-state index in [1.54, 1.807) is 37.3 Å². The molecule has 0 bridgehead atoms. The Morgan fingerprint density at radius 1 is 1.15 bits per heavy atom. The van der Waals surface area contributed by atoms with Crippen LogP contribution in [0, 0.1) is 5.92 Å². The zero-order valence-corrected chi connectivity index (χ0v) is 16.5. The Kier molecular flexibility index (Phi) is 11.3. The summed E-state index contributed by atoms with van der Waals surface area (Å²) in [5, 5.41) is 10.1. The number of rotatable bonds is 12. The number of carbonyl (C=O) groups excluding carboxylic acids is 3. The molecule has 0 spiro atoms. The fourth-order valence-corrected chi connectivity index (χ4v) is 3.13. The Morgan fingerprint density at radius 2 is 1.93 bits per heavy atom. The Morgan fingerprint density at radius 3 is 2.63 bits per heavy atom. The molecule has 1 fully saturated rings. The van der Waals surface area contributed by atoms with Crippen LogP contribution in [0.5, 0.6) is 0 Å². The number of Topliss-reactive ketones (excluding diaryl/α,β-unsaturated/α-hetero) is 2. The molecule has 0 saturated heterocycles. The number of hydrogen-bond donors (Lipinski definition) is 1. The van der Waals surface area contributed by atoms with Gasteiger partial charge in [0.2, 0.25) is 0 Å². The summed E-state index contributed by atoms with van der Waals surface area (Å²) < 4.78 is 4.82. The van der Waals surface area contributed by atoms with E-state index in [-0.39, 0.29) is 36.3 Å². The number of aliphatic hydroxyl groups excluding tert-OH is 1. The summed E-state index contributed by atoms with van der Waals surface area (Å²) in [5.41, 5.74) is 0.582. The molecule has 150 valence electrons. The fourth-order valence-electron chi connectivity index (χ4n) is 3.13. The predicted octanol–water partition coefficient (Wildman–Crippen LogP) is 3.86. The molecule has 5 heteroatoms. The summed E-state index contributed by atoms with van der Waals surface area (Å²) in [6, 6.07) is 0. The second-order valence-electron chi connectivity index (χ2n) is 6.78. The molecule has 0 heterocycles. The lowest BCUT2D eigenvalue weighted by molar-refractivity contribution is -0.142. The van der Waals surface area contributed by atoms with Crippen molar-refractivity contribution in [3.05, 3.63) is 36.0 Å². The van der Waals surface area contributed by atoms with E-state index in [1.165, 1.54) is 0 Å². The average molecular weight is 376 g/mol. The topological polar surface area (TPSA) is 80.7 Å². The summed E-state index contributed by atoms with van der Waals surface area (Å²) >= 11 is 0. The number of aliphatic hydroxyl groups is 1. The van der Waals surface area contributed by atoms with Gasteiger partial charge in [0.05, 0.1) is 19.1 Å². The smallest absolute Gasteiger partial charge is 0.309 e. The molecule has 1 N–H and O–H groups in total. The maximum atomic E-state index is 12.1. The highest BCUT2D eigenvalue weighted by Crippen LogP contribution is 2.32. The molecule has 2 atom stereocenters. The maximum Gasteiger partial charge on any atom is 0.309 e. The Hall–Kier alpha value is -2.01. The van der Waals surface area contributed by atoms with Crippen LogP contribution in [0.1, 0.15) is 65.2 Å². The zero-order valence-electron chi connectivity index (χ0n) is 16.5. The second-order valence-corrected chi connectivity index (χ2v) is 6.78. The van der Waals surface area contributed by atoms with Crippen LogP contribution < -0.4 is 0 Å². The largest absolute Gasteiger partial charge is 0.466 e. The highest BCUT2D eigenvalue weighted by molar-refractivity contribution is 5.99. The van der Waals surface area contributed by atoms with Crippen LogP contribution in [0.15, 0.2) is 36.0 Å². The maximum absolute atomic E-state index is 12.1. The van der Waals surface area contributed by atoms with Crippen LogP contribution in [0.3, 0.4) is 0 Å². The van der Waals surface area contributed by atoms with E-state index >= 15 is 0 Å². The quantitative estimate of drug-likeness (QED) is 0.242. The van der Waals surface area contributed by atoms with E-state index in [1.807, 2.05) is 0 Å². The van der Waals surface area contributed by atoms with Gasteiger partial charge in [0.25, 0.3) is 0 Å². The summed E-state index contributed by atoms with van der Waals surface area (Å²) in [4.78, 5) is 35.3. The summed E-state index contributed by atoms with van der Waals surface area (Å²) in [6.07, 6.45) is 12.7. The molecule has 1 aliphatic rings. The van der Waals surface area contributed by atoms with Crippen molar-refractivity contribution in [3.63, 3.8) is 0 Å². The highest BCUT2D eigenvalue weighted by Gasteiger charge is 2.36. The van der Waals surface area contributed by atoms with Crippen LogP contribution in [0.25, 0.3) is 0 Å². The predicted molar refractivity (Wildman–Crippen MR) is 105 cm³/mol. The summed E-state index contributed by atoms with van der Waals surface area (Å²) in [5.74, 6) is -0.420. The van der Waals surface area contributed by atoms with E-state index < -0.39 is 6.10 Å². The lowest BCUT2D eigenvalue weighted by atomic mass is 9.92. The SMILES string of the molecule is CCCCCC(=O)CC[C@@H]1C(=CC=CC=CCC(=O)OCC)C(=O)C[C@H]1O. The summed E-state index contributed by atoms with van der Waals surface area (Å²) in [6.45, 7) is 4.22. The van der Waals surface area contributed by atoms with Crippen LogP contribution in [0.4, 0.5) is 0 Å². The van der Waals surface area contributed by atoms with Gasteiger partial charge in [-0.2, -0.15) is 0 Å². The van der Waals surface area contributed by atoms with Crippen molar-refractivity contribution in [2.24, 2.45) is 5.92 Å². The van der Waals surface area contributed by atoms with Crippen molar-refractivity contribution in [3.8, 4) is 0 Å². The Labute approximate surface area is 162 Å². The van der Waals surface area contributed by atoms with Crippen molar-refractivity contribution >= 4 is 17.5 Å². The Balaban J connectivity index is 2.54. The fraction of sp³-hybridized carbons (Fsp3) is 0.591. The first-order chi connectivity index (χ1) is 13.0. The first-order valence-corrected chi connectivity index (χ1v) is 9.91. The molecule has 0 radical (unpaired) electrons. The number of ether oxygens (including phenoxy) is 1. The van der Waals surface area contributed by atoms with E-state index in [0.29, 0.717) is 31.4 Å². The highest BCUT2D eigenvalue weighted by atomic mass is 16.5. The van der Waals surface area contributed by atoms with Gasteiger partial charge in [-0.15, -0.1) is 0 Å². The number of allylic oxidation sites excluding steroid dienone is 4. The number of carbonyl (C=O) groups is 3. The normalized spacial score (nSPS) is 21.6. The molecule has 0 unspecified atom stereocenters. The molecule has 1 saturated carbocycles.